The van der Waals surface area contributed by atoms with Crippen LogP contribution in [0.4, 0.5) is 35.1 Å². The predicted molar refractivity (Wildman–Crippen MR) is 478 cm³/mol. The predicted octanol–water partition coefficient (Wildman–Crippen LogP) is 18.7. The normalized spacial score (nSPS) is 17.5. The van der Waals surface area contributed by atoms with Gasteiger partial charge in [-0.3, -0.25) is 28.5 Å². The lowest BCUT2D eigenvalue weighted by atomic mass is 9.81. The third-order valence-electron chi connectivity index (χ3n) is 26.5. The summed E-state index contributed by atoms with van der Waals surface area (Å²) in [5.41, 5.74) is 7.28. The number of rotatable bonds is 14. The second-order valence-corrected chi connectivity index (χ2v) is 34.8. The Labute approximate surface area is 768 Å². The number of piperidine rings is 4. The fraction of sp³-hybridized carbons (Fsp3) is 0.347. The van der Waals surface area contributed by atoms with E-state index in [0.717, 1.165) is 86.3 Å². The summed E-state index contributed by atoms with van der Waals surface area (Å²) >= 11 is 0. The van der Waals surface area contributed by atoms with Crippen LogP contribution in [0, 0.1) is 5.82 Å². The number of fused-ring (bicyclic) bond motifs is 16. The second-order valence-electron chi connectivity index (χ2n) is 34.8. The lowest BCUT2D eigenvalue weighted by Crippen LogP contribution is -2.50. The third kappa shape index (κ3) is 17.4. The number of ether oxygens (including phenoxy) is 10. The van der Waals surface area contributed by atoms with E-state index in [0.29, 0.717) is 145 Å². The van der Waals surface area contributed by atoms with Crippen LogP contribution in [0.15, 0.2) is 219 Å². The summed E-state index contributed by atoms with van der Waals surface area (Å²) in [5, 5.41) is 19.4. The molecule has 21 rings (SSSR count). The van der Waals surface area contributed by atoms with Crippen LogP contribution >= 0.6 is 0 Å². The maximum atomic E-state index is 13.9. The van der Waals surface area contributed by atoms with Gasteiger partial charge in [0.1, 0.15) is 63.4 Å². The molecule has 4 amide bonds. The van der Waals surface area contributed by atoms with E-state index in [1.165, 1.54) is 68.8 Å². The van der Waals surface area contributed by atoms with Gasteiger partial charge in [0.25, 0.3) is 23.6 Å². The summed E-state index contributed by atoms with van der Waals surface area (Å²) < 4.78 is 170. The number of aromatic nitrogens is 6. The van der Waals surface area contributed by atoms with Gasteiger partial charge in [-0.1, -0.05) is 54.6 Å². The molecule has 0 radical (unpaired) electrons. The molecular weight excluding hydrogens is 1750 g/mol. The van der Waals surface area contributed by atoms with E-state index in [9.17, 15) is 59.4 Å². The van der Waals surface area contributed by atoms with Gasteiger partial charge in [0, 0.05) is 188 Å². The maximum absolute atomic E-state index is 13.9. The third-order valence-corrected chi connectivity index (χ3v) is 26.5. The molecule has 1 N–H and O–H groups in total. The van der Waals surface area contributed by atoms with E-state index >= 15 is 0 Å². The van der Waals surface area contributed by atoms with Gasteiger partial charge < -0.3 is 81.2 Å². The Morgan fingerprint density at radius 2 is 0.948 bits per heavy atom. The average Bonchev–Trinajstić information content (AvgIpc) is 1.64. The average molecular weight is 1850 g/mol. The minimum atomic E-state index is -4.65. The topological polar surface area (TPSA) is 239 Å². The van der Waals surface area contributed by atoms with Crippen molar-refractivity contribution >= 4 is 23.6 Å². The van der Waals surface area contributed by atoms with Gasteiger partial charge in [-0.25, -0.2) is 4.39 Å². The van der Waals surface area contributed by atoms with E-state index < -0.39 is 65.0 Å². The number of nitrogens with zero attached hydrogens (tertiary/aromatic N) is 10. The van der Waals surface area contributed by atoms with Gasteiger partial charge in [0.2, 0.25) is 0 Å². The van der Waals surface area contributed by atoms with Crippen LogP contribution in [0.1, 0.15) is 155 Å². The smallest absolute Gasteiger partial charge is 0.419 e. The maximum Gasteiger partial charge on any atom is 0.419 e. The minimum Gasteiger partial charge on any atom is -0.496 e. The van der Waals surface area contributed by atoms with Crippen LogP contribution in [0.2, 0.25) is 0 Å². The number of aryl methyl sites for hydroxylation is 2. The van der Waals surface area contributed by atoms with Crippen LogP contribution in [0.25, 0.3) is 33.9 Å². The van der Waals surface area contributed by atoms with E-state index in [-0.39, 0.29) is 65.7 Å². The Balaban J connectivity index is 0.000000125. The Kier molecular flexibility index (Phi) is 24.8. The van der Waals surface area contributed by atoms with Gasteiger partial charge in [-0.05, 0) is 154 Å². The molecule has 5 saturated heterocycles. The number of methoxy groups -OCH3 is 2. The van der Waals surface area contributed by atoms with Crippen molar-refractivity contribution in [2.24, 2.45) is 7.05 Å². The van der Waals surface area contributed by atoms with Crippen LogP contribution in [-0.4, -0.2) is 176 Å². The molecule has 134 heavy (non-hydrogen) atoms. The Morgan fingerprint density at radius 3 is 1.49 bits per heavy atom. The molecule has 700 valence electrons. The summed E-state index contributed by atoms with van der Waals surface area (Å²) in [5.74, 6) is 1.60. The van der Waals surface area contributed by atoms with E-state index in [2.05, 4.69) is 35.7 Å². The Morgan fingerprint density at radius 1 is 0.485 bits per heavy atom. The summed E-state index contributed by atoms with van der Waals surface area (Å²) in [7, 11) is 4.79. The fourth-order valence-electron chi connectivity index (χ4n) is 19.7. The molecule has 8 aromatic carbocycles. The molecule has 9 aliphatic rings. The van der Waals surface area contributed by atoms with Crippen LogP contribution in [-0.2, 0) is 52.5 Å². The molecule has 9 aliphatic heterocycles. The molecule has 5 fully saturated rings. The van der Waals surface area contributed by atoms with Gasteiger partial charge in [-0.15, -0.1) is 0 Å². The number of hydrogen-bond donors (Lipinski definition) is 1. The standard InChI is InChI=1S/C27H25F3N2O4.C26H27FN2O4.C24H23F2N3O4.C24H23F2N3O3.H2/c28-27(29,30)20-16-18(7-8-22(20)35-19-9-15-34-17-19)25(33)31-13-10-26(11-14-31)24-6-3-12-32(24)21-4-1-2-5-23(21)36-26;1-25(2,31)19-8-6-17(15-21(19)32-3)24(30)28-13-10-26(11-14-28)23-5-4-12-29(23)20-9-7-18(27)16-22(20)33-26;1-28-21-16-5-3-4-6-18(16)33-24(17(21)14-27-28)9-11-29(12-10-24)22(30)15-7-8-19(32-23(25)26)20(13-15)31-2;1-2-29-21-16-7-3-6-10-20(16)32-24(18(21)15-27-29)11-13-28(14-12-24)22(30)17-8-4-5-9-19(17)31-23(25)26;/h1-8,12,16,19H,9-11,13-15,17H2;4-9,12,15-16,31H,10-11,13-14H2,1-3H3;3-8,13-14,23H,9-12H2,1-2H3;3-10,15,23H,2,11-14H2,1H3;1H/t19-;;;;/m1..../s1. The monoisotopic (exact) mass is 1840 g/mol. The van der Waals surface area contributed by atoms with Crippen molar-refractivity contribution in [1.29, 1.82) is 0 Å². The number of halogens is 8. The molecule has 0 unspecified atom stereocenters. The summed E-state index contributed by atoms with van der Waals surface area (Å²) in [6.45, 7) is 4.47. The molecule has 0 bridgehead atoms. The zero-order chi connectivity index (χ0) is 93.8. The SMILES string of the molecule is CCn1ncc2c1-c1ccccc1OC21CCN(C(=O)c2ccccc2OC(F)F)CC1.COc1cc(C(=O)N2CCC3(CC2)Oc2cc(F)ccc2-n2cccc23)ccc1C(C)(C)O.COc1cc(C(=O)N2CCC3(CC2)Oc2ccccc2-c2c3cnn2C)ccc1OC(F)F.O=C(c1ccc(O[C@@H]2CCOC2)c(C(F)(F)F)c1)N1CCC2(CC1)Oc1ccccc1-n1cccc12.[HH]. The molecule has 25 nitrogen and oxygen atoms in total. The first-order valence-corrected chi connectivity index (χ1v) is 44.5. The lowest BCUT2D eigenvalue weighted by molar-refractivity contribution is -0.139. The Hall–Kier alpha value is -13.8. The van der Waals surface area contributed by atoms with Gasteiger partial charge >= 0.3 is 19.4 Å². The van der Waals surface area contributed by atoms with Crippen molar-refractivity contribution < 1.29 is 108 Å². The second kappa shape index (κ2) is 36.6. The first-order valence-electron chi connectivity index (χ1n) is 44.5. The number of likely N-dealkylation sites (tertiary alicyclic amines) is 4. The van der Waals surface area contributed by atoms with Crippen molar-refractivity contribution in [2.75, 3.05) is 79.8 Å². The van der Waals surface area contributed by atoms with E-state index in [4.69, 9.17) is 37.9 Å². The van der Waals surface area contributed by atoms with E-state index in [1.807, 2.05) is 143 Å². The number of amides is 4. The summed E-state index contributed by atoms with van der Waals surface area (Å²) in [4.78, 5) is 59.6. The molecule has 12 aromatic rings. The van der Waals surface area contributed by atoms with Gasteiger partial charge in [0.05, 0.1) is 90.7 Å². The fourth-order valence-corrected chi connectivity index (χ4v) is 19.7. The van der Waals surface area contributed by atoms with Gasteiger partial charge in [-0.2, -0.15) is 40.9 Å². The zero-order valence-corrected chi connectivity index (χ0v) is 74.3. The largest absolute Gasteiger partial charge is 0.496 e. The highest BCUT2D eigenvalue weighted by Gasteiger charge is 2.51. The molecule has 4 aromatic heterocycles. The van der Waals surface area contributed by atoms with Crippen molar-refractivity contribution in [3.05, 3.63) is 281 Å². The summed E-state index contributed by atoms with van der Waals surface area (Å²) in [6.07, 6.45) is 7.77. The molecule has 4 spiro atoms. The van der Waals surface area contributed by atoms with E-state index in [1.54, 1.807) is 64.9 Å². The number of hydrogen-bond acceptors (Lipinski definition) is 17. The first-order chi connectivity index (χ1) is 64.5. The van der Waals surface area contributed by atoms with Crippen molar-refractivity contribution in [1.82, 2.24) is 48.3 Å². The number of benzene rings is 8. The number of carbonyl (C=O) groups is 4. The van der Waals surface area contributed by atoms with Crippen molar-refractivity contribution in [2.45, 2.75) is 139 Å². The minimum absolute atomic E-state index is 0. The zero-order valence-electron chi connectivity index (χ0n) is 74.3. The number of para-hydroxylation sites is 5. The number of aliphatic hydroxyl groups is 1. The molecule has 13 heterocycles. The number of carbonyl (C=O) groups excluding carboxylic acids is 4. The quantitative estimate of drug-likeness (QED) is 0.0995. The van der Waals surface area contributed by atoms with Gasteiger partial charge in [0.15, 0.2) is 22.7 Å². The highest BCUT2D eigenvalue weighted by molar-refractivity contribution is 5.98. The molecule has 0 aliphatic carbocycles. The molecule has 1 atom stereocenters. The molecule has 0 saturated carbocycles. The number of alkyl halides is 7. The van der Waals surface area contributed by atoms with Crippen LogP contribution in [0.3, 0.4) is 0 Å². The van der Waals surface area contributed by atoms with Crippen molar-refractivity contribution in [3.63, 3.8) is 0 Å². The van der Waals surface area contributed by atoms with Crippen LogP contribution < -0.4 is 42.6 Å². The highest BCUT2D eigenvalue weighted by Crippen LogP contribution is 2.54. The first kappa shape index (κ1) is 90.7. The van der Waals surface area contributed by atoms with Crippen LogP contribution in [0.5, 0.6) is 51.7 Å². The molecular formula is C101H100F8N10O15. The van der Waals surface area contributed by atoms with Crippen molar-refractivity contribution in [3.8, 4) is 85.6 Å². The Bertz CT molecular complexity index is 6390. The lowest BCUT2D eigenvalue weighted by Gasteiger charge is -2.45. The highest BCUT2D eigenvalue weighted by atomic mass is 19.4. The molecule has 33 heteroatoms. The summed E-state index contributed by atoms with van der Waals surface area (Å²) in [6, 6.07) is 55.2.